The Labute approximate surface area is 226 Å². The van der Waals surface area contributed by atoms with E-state index in [4.69, 9.17) is 20.9 Å². The van der Waals surface area contributed by atoms with Crippen LogP contribution in [0.2, 0.25) is 5.02 Å². The van der Waals surface area contributed by atoms with Crippen molar-refractivity contribution in [2.75, 3.05) is 6.54 Å². The van der Waals surface area contributed by atoms with E-state index in [1.54, 1.807) is 18.5 Å². The zero-order valence-corrected chi connectivity index (χ0v) is 22.9. The molecule has 0 bridgehead atoms. The zero-order valence-electron chi connectivity index (χ0n) is 19.0. The third kappa shape index (κ3) is 10.4. The number of aromatic nitrogens is 1. The number of carbonyl (C=O) groups is 1. The molecule has 192 valence electrons. The fraction of sp³-hybridized carbons (Fsp3) is 0.167. The fourth-order valence-corrected chi connectivity index (χ4v) is 4.40. The number of nitrogens with one attached hydrogen (secondary N) is 1. The molecular weight excluding hydrogens is 567 g/mol. The number of nitrogens with zero attached hydrogens (tertiary/aromatic N) is 1. The van der Waals surface area contributed by atoms with Crippen LogP contribution in [-0.2, 0) is 30.5 Å². The van der Waals surface area contributed by atoms with Crippen molar-refractivity contribution in [2.24, 2.45) is 0 Å². The molecule has 12 heteroatoms. The van der Waals surface area contributed by atoms with Crippen molar-refractivity contribution >= 4 is 64.3 Å². The maximum Gasteiger partial charge on any atom is 0.331 e. The lowest BCUT2D eigenvalue weighted by molar-refractivity contribution is -0.132. The van der Waals surface area contributed by atoms with E-state index in [1.165, 1.54) is 31.2 Å². The Morgan fingerprint density at radius 2 is 1.72 bits per heavy atom. The fourth-order valence-electron chi connectivity index (χ4n) is 3.19. The first kappa shape index (κ1) is 30.0. The topological polar surface area (TPSA) is 113 Å². The summed E-state index contributed by atoms with van der Waals surface area (Å²) in [5, 5.41) is 9.52. The van der Waals surface area contributed by atoms with Gasteiger partial charge < -0.3 is 5.11 Å². The Morgan fingerprint density at radius 1 is 1.11 bits per heavy atom. The second-order valence-electron chi connectivity index (χ2n) is 7.55. The highest BCUT2D eigenvalue weighted by molar-refractivity contribution is 8.26. The third-order valence-corrected chi connectivity index (χ3v) is 6.67. The molecule has 7 nitrogen and oxygen atoms in total. The van der Waals surface area contributed by atoms with Crippen LogP contribution in [0.25, 0.3) is 6.08 Å². The second kappa shape index (κ2) is 14.5. The molecule has 0 aliphatic rings. The van der Waals surface area contributed by atoms with E-state index in [9.17, 15) is 13.2 Å². The number of sulfonamides is 1. The highest BCUT2D eigenvalue weighted by Crippen LogP contribution is 2.23. The SMILES string of the molecule is CC(=Cc1ccc(C(CNS(=O)(=O)c2ccc(Cl)cc2)Cc2cccnc2)cc1)C(=O)O.O=S(Cl)Cl. The van der Waals surface area contributed by atoms with Gasteiger partial charge in [0.2, 0.25) is 19.2 Å². The van der Waals surface area contributed by atoms with Gasteiger partial charge in [0, 0.05) is 56.8 Å². The van der Waals surface area contributed by atoms with E-state index < -0.39 is 25.2 Å². The summed E-state index contributed by atoms with van der Waals surface area (Å²) in [6.07, 6.45) is 5.62. The van der Waals surface area contributed by atoms with Crippen molar-refractivity contribution in [3.05, 3.63) is 100 Å². The van der Waals surface area contributed by atoms with Crippen LogP contribution >= 0.6 is 33.0 Å². The molecule has 0 aliphatic heterocycles. The van der Waals surface area contributed by atoms with Gasteiger partial charge in [0.25, 0.3) is 0 Å². The van der Waals surface area contributed by atoms with Crippen LogP contribution in [0.1, 0.15) is 29.5 Å². The minimum atomic E-state index is -3.71. The van der Waals surface area contributed by atoms with Crippen LogP contribution in [0.3, 0.4) is 0 Å². The van der Waals surface area contributed by atoms with E-state index in [0.717, 1.165) is 16.7 Å². The smallest absolute Gasteiger partial charge is 0.331 e. The van der Waals surface area contributed by atoms with E-state index in [0.29, 0.717) is 11.4 Å². The van der Waals surface area contributed by atoms with Gasteiger partial charge in [-0.25, -0.2) is 22.1 Å². The van der Waals surface area contributed by atoms with Gasteiger partial charge in [0.05, 0.1) is 4.90 Å². The summed E-state index contributed by atoms with van der Waals surface area (Å²) in [6, 6.07) is 17.2. The summed E-state index contributed by atoms with van der Waals surface area (Å²) in [4.78, 5) is 15.3. The Hall–Kier alpha value is -2.27. The van der Waals surface area contributed by atoms with Crippen LogP contribution < -0.4 is 4.72 Å². The minimum Gasteiger partial charge on any atom is -0.478 e. The standard InChI is InChI=1S/C24H23ClN2O4S.Cl2OS/c1-17(24(28)29)13-18-4-6-20(7-5-18)21(14-19-3-2-12-26-15-19)16-27-32(30,31)23-10-8-22(25)9-11-23;1-4(2)3/h2-13,15,21,27H,14,16H2,1H3,(H,28,29);. The molecule has 0 spiro atoms. The highest BCUT2D eigenvalue weighted by atomic mass is 36.0. The first-order chi connectivity index (χ1) is 17.0. The van der Waals surface area contributed by atoms with Crippen molar-refractivity contribution in [1.29, 1.82) is 0 Å². The first-order valence-electron chi connectivity index (χ1n) is 10.4. The van der Waals surface area contributed by atoms with Gasteiger partial charge in [0.15, 0.2) is 0 Å². The molecule has 2 aromatic carbocycles. The lowest BCUT2D eigenvalue weighted by Gasteiger charge is -2.19. The van der Waals surface area contributed by atoms with Gasteiger partial charge in [-0.1, -0.05) is 41.9 Å². The summed E-state index contributed by atoms with van der Waals surface area (Å²) in [5.41, 5.74) is 2.91. The van der Waals surface area contributed by atoms with Gasteiger partial charge in [-0.15, -0.1) is 0 Å². The summed E-state index contributed by atoms with van der Waals surface area (Å²) in [7, 11) is 3.65. The zero-order chi connectivity index (χ0) is 26.7. The molecule has 36 heavy (non-hydrogen) atoms. The largest absolute Gasteiger partial charge is 0.478 e. The average molecular weight is 590 g/mol. The van der Waals surface area contributed by atoms with Gasteiger partial charge in [-0.3, -0.25) is 4.98 Å². The Balaban J connectivity index is 0.00000106. The van der Waals surface area contributed by atoms with E-state index >= 15 is 0 Å². The van der Waals surface area contributed by atoms with Gasteiger partial charge >= 0.3 is 5.97 Å². The van der Waals surface area contributed by atoms with E-state index in [-0.39, 0.29) is 22.9 Å². The number of aliphatic carboxylic acids is 1. The van der Waals surface area contributed by atoms with E-state index in [2.05, 4.69) is 31.1 Å². The minimum absolute atomic E-state index is 0.145. The van der Waals surface area contributed by atoms with E-state index in [1.807, 2.05) is 36.4 Å². The number of hydrogen-bond donors (Lipinski definition) is 2. The number of benzene rings is 2. The predicted molar refractivity (Wildman–Crippen MR) is 145 cm³/mol. The summed E-state index contributed by atoms with van der Waals surface area (Å²) < 4.78 is 37.3. The Morgan fingerprint density at radius 3 is 2.25 bits per heavy atom. The second-order valence-corrected chi connectivity index (χ2v) is 12.3. The Bertz CT molecular complexity index is 1300. The number of hydrogen-bond acceptors (Lipinski definition) is 5. The maximum atomic E-state index is 12.7. The molecule has 3 aromatic rings. The molecular formula is C24H23Cl3N2O5S2. The lowest BCUT2D eigenvalue weighted by Crippen LogP contribution is -2.29. The third-order valence-electron chi connectivity index (χ3n) is 4.98. The highest BCUT2D eigenvalue weighted by Gasteiger charge is 2.19. The monoisotopic (exact) mass is 588 g/mol. The van der Waals surface area contributed by atoms with Crippen molar-refractivity contribution in [3.8, 4) is 0 Å². The lowest BCUT2D eigenvalue weighted by atomic mass is 9.92. The summed E-state index contributed by atoms with van der Waals surface area (Å²) >= 11 is 5.86. The molecule has 0 saturated carbocycles. The van der Waals surface area contributed by atoms with Crippen LogP contribution in [-0.4, -0.2) is 35.2 Å². The molecule has 1 heterocycles. The number of pyridine rings is 1. The maximum absolute atomic E-state index is 12.7. The molecule has 0 saturated heterocycles. The van der Waals surface area contributed by atoms with Crippen LogP contribution in [0.4, 0.5) is 0 Å². The molecule has 2 N–H and O–H groups in total. The van der Waals surface area contributed by atoms with Crippen molar-refractivity contribution in [3.63, 3.8) is 0 Å². The van der Waals surface area contributed by atoms with Crippen LogP contribution in [0.15, 0.2) is 83.5 Å². The van der Waals surface area contributed by atoms with Gasteiger partial charge in [-0.05, 0) is 66.4 Å². The Kier molecular flexibility index (Phi) is 12.0. The van der Waals surface area contributed by atoms with Gasteiger partial charge in [-0.2, -0.15) is 0 Å². The van der Waals surface area contributed by atoms with Crippen LogP contribution in [0.5, 0.6) is 0 Å². The van der Waals surface area contributed by atoms with Gasteiger partial charge in [0.1, 0.15) is 0 Å². The first-order valence-corrected chi connectivity index (χ1v) is 15.0. The molecule has 0 radical (unpaired) electrons. The normalized spacial score (nSPS) is 12.5. The van der Waals surface area contributed by atoms with Crippen LogP contribution in [0, 0.1) is 0 Å². The number of carboxylic acid groups (broad SMARTS) is 1. The molecule has 0 amide bonds. The number of rotatable bonds is 9. The number of carboxylic acids is 1. The van der Waals surface area contributed by atoms with Crippen molar-refractivity contribution in [2.45, 2.75) is 24.2 Å². The molecule has 1 atom stereocenters. The molecule has 0 aliphatic carbocycles. The van der Waals surface area contributed by atoms with Crippen molar-refractivity contribution < 1.29 is 22.5 Å². The summed E-state index contributed by atoms with van der Waals surface area (Å²) in [5.74, 6) is -1.12. The number of halogens is 3. The average Bonchev–Trinajstić information content (AvgIpc) is 2.83. The molecule has 3 rings (SSSR count). The molecule has 1 aromatic heterocycles. The van der Waals surface area contributed by atoms with Crippen molar-refractivity contribution in [1.82, 2.24) is 9.71 Å². The quantitative estimate of drug-likeness (QED) is 0.249. The summed E-state index contributed by atoms with van der Waals surface area (Å²) in [6.45, 7) is 1.72. The molecule has 1 unspecified atom stereocenters. The predicted octanol–water partition coefficient (Wildman–Crippen LogP) is 5.57. The molecule has 0 fully saturated rings.